The van der Waals surface area contributed by atoms with Crippen LogP contribution in [-0.4, -0.2) is 17.1 Å². The second-order valence-electron chi connectivity index (χ2n) is 4.07. The summed E-state index contributed by atoms with van der Waals surface area (Å²) in [4.78, 5) is 11.2. The lowest BCUT2D eigenvalue weighted by Crippen LogP contribution is -2.54. The molecule has 1 saturated carbocycles. The van der Waals surface area contributed by atoms with Crippen LogP contribution in [0, 0.1) is 5.82 Å². The quantitative estimate of drug-likeness (QED) is 0.771. The summed E-state index contributed by atoms with van der Waals surface area (Å²) >= 11 is 0. The molecule has 0 saturated heterocycles. The third kappa shape index (κ3) is 1.51. The first-order chi connectivity index (χ1) is 7.04. The van der Waals surface area contributed by atoms with Crippen LogP contribution in [0.1, 0.15) is 18.4 Å². The molecular weight excluding hydrogens is 197 g/mol. The molecule has 0 radical (unpaired) electrons. The Labute approximate surface area is 86.7 Å². The van der Waals surface area contributed by atoms with Gasteiger partial charge in [0.05, 0.1) is 5.41 Å². The largest absolute Gasteiger partial charge is 0.481 e. The molecule has 0 bridgehead atoms. The topological polar surface area (TPSA) is 63.3 Å². The molecule has 3 nitrogen and oxygen atoms in total. The number of carbonyl (C=O) groups is 1. The molecule has 1 aliphatic rings. The predicted octanol–water partition coefficient (Wildman–Crippen LogP) is 1.27. The highest BCUT2D eigenvalue weighted by Gasteiger charge is 2.50. The zero-order valence-electron chi connectivity index (χ0n) is 8.11. The molecular formula is C11H12FNO2. The summed E-state index contributed by atoms with van der Waals surface area (Å²) in [5, 5.41) is 9.17. The van der Waals surface area contributed by atoms with Crippen molar-refractivity contribution in [3.05, 3.63) is 35.6 Å². The van der Waals surface area contributed by atoms with Crippen LogP contribution in [0.25, 0.3) is 0 Å². The number of hydrogen-bond acceptors (Lipinski definition) is 2. The highest BCUT2D eigenvalue weighted by Crippen LogP contribution is 2.43. The average Bonchev–Trinajstić information content (AvgIpc) is 2.12. The lowest BCUT2D eigenvalue weighted by molar-refractivity contribution is -0.148. The summed E-state index contributed by atoms with van der Waals surface area (Å²) < 4.78 is 13.0. The first kappa shape index (κ1) is 10.1. The van der Waals surface area contributed by atoms with Gasteiger partial charge in [-0.1, -0.05) is 12.1 Å². The minimum absolute atomic E-state index is 0.0932. The zero-order chi connectivity index (χ0) is 11.1. The maximum atomic E-state index is 13.0. The smallest absolute Gasteiger partial charge is 0.314 e. The standard InChI is InChI=1S/C11H12FNO2/c12-8-3-1-2-7(4-8)11(10(14)15)5-9(13)6-11/h1-4,9H,5-6,13H2,(H,14,15). The molecule has 0 atom stereocenters. The maximum Gasteiger partial charge on any atom is 0.314 e. The fraction of sp³-hybridized carbons (Fsp3) is 0.364. The molecule has 1 aliphatic carbocycles. The van der Waals surface area contributed by atoms with Gasteiger partial charge in [0.25, 0.3) is 0 Å². The number of nitrogens with two attached hydrogens (primary N) is 1. The van der Waals surface area contributed by atoms with Gasteiger partial charge >= 0.3 is 5.97 Å². The highest BCUT2D eigenvalue weighted by atomic mass is 19.1. The first-order valence-corrected chi connectivity index (χ1v) is 4.80. The summed E-state index contributed by atoms with van der Waals surface area (Å²) in [7, 11) is 0. The van der Waals surface area contributed by atoms with Gasteiger partial charge in [-0.05, 0) is 30.5 Å². The number of rotatable bonds is 2. The van der Waals surface area contributed by atoms with Crippen LogP contribution >= 0.6 is 0 Å². The van der Waals surface area contributed by atoms with E-state index in [1.54, 1.807) is 6.07 Å². The van der Waals surface area contributed by atoms with Gasteiger partial charge in [-0.2, -0.15) is 0 Å². The molecule has 1 aromatic rings. The summed E-state index contributed by atoms with van der Waals surface area (Å²) in [6.45, 7) is 0. The molecule has 80 valence electrons. The highest BCUT2D eigenvalue weighted by molar-refractivity contribution is 5.83. The van der Waals surface area contributed by atoms with Crippen LogP contribution < -0.4 is 5.73 Å². The lowest BCUT2D eigenvalue weighted by atomic mass is 9.62. The zero-order valence-corrected chi connectivity index (χ0v) is 8.11. The van der Waals surface area contributed by atoms with Crippen LogP contribution in [0.5, 0.6) is 0 Å². The Balaban J connectivity index is 2.39. The number of halogens is 1. The van der Waals surface area contributed by atoms with E-state index in [1.807, 2.05) is 0 Å². The van der Waals surface area contributed by atoms with Crippen molar-refractivity contribution in [2.75, 3.05) is 0 Å². The number of hydrogen-bond donors (Lipinski definition) is 2. The van der Waals surface area contributed by atoms with E-state index in [0.29, 0.717) is 18.4 Å². The van der Waals surface area contributed by atoms with Gasteiger partial charge in [0.15, 0.2) is 0 Å². The Morgan fingerprint density at radius 3 is 2.67 bits per heavy atom. The molecule has 0 spiro atoms. The van der Waals surface area contributed by atoms with Crippen molar-refractivity contribution >= 4 is 5.97 Å². The average molecular weight is 209 g/mol. The third-order valence-corrected chi connectivity index (χ3v) is 3.01. The van der Waals surface area contributed by atoms with Crippen LogP contribution in [0.3, 0.4) is 0 Å². The van der Waals surface area contributed by atoms with Crippen molar-refractivity contribution in [3.8, 4) is 0 Å². The van der Waals surface area contributed by atoms with Crippen LogP contribution in [0.4, 0.5) is 4.39 Å². The number of carboxylic acids is 1. The normalized spacial score (nSPS) is 29.6. The fourth-order valence-electron chi connectivity index (χ4n) is 2.16. The molecule has 4 heteroatoms. The molecule has 0 aliphatic heterocycles. The summed E-state index contributed by atoms with van der Waals surface area (Å²) in [5.74, 6) is -1.33. The summed E-state index contributed by atoms with van der Waals surface area (Å²) in [6.07, 6.45) is 0.761. The van der Waals surface area contributed by atoms with E-state index in [4.69, 9.17) is 10.8 Å². The predicted molar refractivity (Wildman–Crippen MR) is 52.9 cm³/mol. The van der Waals surface area contributed by atoms with E-state index in [1.165, 1.54) is 18.2 Å². The molecule has 1 fully saturated rings. The molecule has 0 heterocycles. The van der Waals surface area contributed by atoms with Crippen molar-refractivity contribution in [2.24, 2.45) is 5.73 Å². The van der Waals surface area contributed by atoms with Crippen molar-refractivity contribution in [1.29, 1.82) is 0 Å². The minimum atomic E-state index is -0.971. The van der Waals surface area contributed by atoms with Crippen molar-refractivity contribution in [3.63, 3.8) is 0 Å². The maximum absolute atomic E-state index is 13.0. The number of carboxylic acid groups (broad SMARTS) is 1. The second kappa shape index (κ2) is 3.31. The van der Waals surface area contributed by atoms with E-state index in [9.17, 15) is 9.18 Å². The van der Waals surface area contributed by atoms with Crippen molar-refractivity contribution in [1.82, 2.24) is 0 Å². The molecule has 2 rings (SSSR count). The van der Waals surface area contributed by atoms with Crippen molar-refractivity contribution < 1.29 is 14.3 Å². The summed E-state index contributed by atoms with van der Waals surface area (Å²) in [5.41, 5.74) is 5.15. The Morgan fingerprint density at radius 1 is 1.53 bits per heavy atom. The number of aliphatic carboxylic acids is 1. The second-order valence-corrected chi connectivity index (χ2v) is 4.07. The van der Waals surface area contributed by atoms with E-state index < -0.39 is 17.2 Å². The monoisotopic (exact) mass is 209 g/mol. The molecule has 0 aromatic heterocycles. The van der Waals surface area contributed by atoms with Gasteiger partial charge in [-0.3, -0.25) is 4.79 Å². The Morgan fingerprint density at radius 2 is 2.20 bits per heavy atom. The molecule has 3 N–H and O–H groups in total. The molecule has 1 aromatic carbocycles. The van der Waals surface area contributed by atoms with Gasteiger partial charge in [0, 0.05) is 6.04 Å². The molecule has 0 amide bonds. The van der Waals surface area contributed by atoms with Crippen LogP contribution in [-0.2, 0) is 10.2 Å². The molecule has 15 heavy (non-hydrogen) atoms. The Kier molecular flexibility index (Phi) is 2.23. The van der Waals surface area contributed by atoms with Gasteiger partial charge in [0.1, 0.15) is 5.82 Å². The van der Waals surface area contributed by atoms with Crippen LogP contribution in [0.2, 0.25) is 0 Å². The van der Waals surface area contributed by atoms with E-state index >= 15 is 0 Å². The van der Waals surface area contributed by atoms with E-state index in [2.05, 4.69) is 0 Å². The van der Waals surface area contributed by atoms with Crippen LogP contribution in [0.15, 0.2) is 24.3 Å². The lowest BCUT2D eigenvalue weighted by Gasteiger charge is -2.42. The Bertz CT molecular complexity index is 399. The third-order valence-electron chi connectivity index (χ3n) is 3.01. The first-order valence-electron chi connectivity index (χ1n) is 4.80. The van der Waals surface area contributed by atoms with E-state index in [0.717, 1.165) is 0 Å². The Hall–Kier alpha value is -1.42. The van der Waals surface area contributed by atoms with E-state index in [-0.39, 0.29) is 6.04 Å². The fourth-order valence-corrected chi connectivity index (χ4v) is 2.16. The summed E-state index contributed by atoms with van der Waals surface area (Å²) in [6, 6.07) is 5.66. The van der Waals surface area contributed by atoms with Crippen molar-refractivity contribution in [2.45, 2.75) is 24.3 Å². The SMILES string of the molecule is NC1CC(C(=O)O)(c2cccc(F)c2)C1. The minimum Gasteiger partial charge on any atom is -0.481 e. The number of benzene rings is 1. The molecule has 0 unspecified atom stereocenters. The van der Waals surface area contributed by atoms with Gasteiger partial charge in [0.2, 0.25) is 0 Å². The van der Waals surface area contributed by atoms with Gasteiger partial charge in [-0.15, -0.1) is 0 Å². The van der Waals surface area contributed by atoms with Gasteiger partial charge < -0.3 is 10.8 Å². The van der Waals surface area contributed by atoms with Gasteiger partial charge in [-0.25, -0.2) is 4.39 Å².